The molecule has 3 rings (SSSR count). The third kappa shape index (κ3) is 4.44. The first kappa shape index (κ1) is 17.6. The minimum Gasteiger partial charge on any atom is -0.494 e. The summed E-state index contributed by atoms with van der Waals surface area (Å²) in [5.41, 5.74) is 1.26. The normalized spacial score (nSPS) is 13.3. The first-order valence-electron chi connectivity index (χ1n) is 8.35. The summed E-state index contributed by atoms with van der Waals surface area (Å²) in [6, 6.07) is 14.1. The molecule has 1 aliphatic heterocycles. The summed E-state index contributed by atoms with van der Waals surface area (Å²) < 4.78 is 15.7. The maximum Gasteiger partial charge on any atom is 0.414 e. The molecule has 2 aromatic rings. The van der Waals surface area contributed by atoms with Crippen molar-refractivity contribution in [3.05, 3.63) is 48.5 Å². The number of carbonyl (C=O) groups is 2. The Morgan fingerprint density at radius 3 is 2.54 bits per heavy atom. The van der Waals surface area contributed by atoms with E-state index in [1.54, 1.807) is 48.5 Å². The Hall–Kier alpha value is -3.22. The monoisotopic (exact) mass is 356 g/mol. The second kappa shape index (κ2) is 8.24. The zero-order valence-corrected chi connectivity index (χ0v) is 14.4. The van der Waals surface area contributed by atoms with Crippen LogP contribution >= 0.6 is 0 Å². The van der Waals surface area contributed by atoms with Crippen LogP contribution in [0.3, 0.4) is 0 Å². The van der Waals surface area contributed by atoms with Gasteiger partial charge in [0, 0.05) is 11.4 Å². The highest BCUT2D eigenvalue weighted by molar-refractivity contribution is 5.94. The van der Waals surface area contributed by atoms with Crippen LogP contribution in [0.1, 0.15) is 6.92 Å². The predicted octanol–water partition coefficient (Wildman–Crippen LogP) is 3.06. The molecule has 7 nitrogen and oxygen atoms in total. The van der Waals surface area contributed by atoms with Crippen LogP contribution in [0.5, 0.6) is 11.5 Å². The number of amides is 2. The maximum atomic E-state index is 12.1. The van der Waals surface area contributed by atoms with E-state index in [-0.39, 0.29) is 18.6 Å². The average molecular weight is 356 g/mol. The van der Waals surface area contributed by atoms with Crippen LogP contribution in [-0.4, -0.2) is 38.4 Å². The van der Waals surface area contributed by atoms with Crippen LogP contribution in [0.25, 0.3) is 0 Å². The number of anilines is 2. The first-order valence-corrected chi connectivity index (χ1v) is 8.35. The van der Waals surface area contributed by atoms with Crippen molar-refractivity contribution in [3.63, 3.8) is 0 Å². The molecule has 1 N–H and O–H groups in total. The Morgan fingerprint density at radius 2 is 1.88 bits per heavy atom. The number of nitrogens with one attached hydrogen (secondary N) is 1. The molecule has 1 fully saturated rings. The van der Waals surface area contributed by atoms with Gasteiger partial charge in [0.15, 0.2) is 6.61 Å². The van der Waals surface area contributed by atoms with Gasteiger partial charge in [0.1, 0.15) is 18.1 Å². The molecule has 136 valence electrons. The number of rotatable bonds is 7. The molecular weight excluding hydrogens is 336 g/mol. The Morgan fingerprint density at radius 1 is 1.15 bits per heavy atom. The molecule has 0 aromatic heterocycles. The third-order valence-electron chi connectivity index (χ3n) is 3.71. The van der Waals surface area contributed by atoms with E-state index >= 15 is 0 Å². The lowest BCUT2D eigenvalue weighted by molar-refractivity contribution is -0.118. The van der Waals surface area contributed by atoms with Crippen LogP contribution < -0.4 is 19.7 Å². The quantitative estimate of drug-likeness (QED) is 0.825. The van der Waals surface area contributed by atoms with E-state index in [1.165, 1.54) is 4.90 Å². The molecule has 2 aromatic carbocycles. The average Bonchev–Trinajstić information content (AvgIpc) is 3.08. The van der Waals surface area contributed by atoms with Crippen LogP contribution in [0.4, 0.5) is 16.2 Å². The van der Waals surface area contributed by atoms with Crippen molar-refractivity contribution in [2.24, 2.45) is 0 Å². The Kier molecular flexibility index (Phi) is 5.58. The third-order valence-corrected chi connectivity index (χ3v) is 3.71. The van der Waals surface area contributed by atoms with Gasteiger partial charge >= 0.3 is 6.09 Å². The van der Waals surface area contributed by atoms with Crippen LogP contribution in [0.15, 0.2) is 48.5 Å². The van der Waals surface area contributed by atoms with Crippen LogP contribution in [0.2, 0.25) is 0 Å². The number of ether oxygens (including phenoxy) is 3. The van der Waals surface area contributed by atoms with Gasteiger partial charge in [-0.05, 0) is 49.4 Å². The molecule has 0 aliphatic carbocycles. The number of hydrogen-bond acceptors (Lipinski definition) is 5. The fraction of sp³-hybridized carbons (Fsp3) is 0.263. The van der Waals surface area contributed by atoms with Gasteiger partial charge in [0.25, 0.3) is 5.91 Å². The summed E-state index contributed by atoms with van der Waals surface area (Å²) in [6.45, 7) is 3.25. The second-order valence-electron chi connectivity index (χ2n) is 5.56. The van der Waals surface area contributed by atoms with Gasteiger partial charge < -0.3 is 19.5 Å². The van der Waals surface area contributed by atoms with E-state index in [9.17, 15) is 9.59 Å². The van der Waals surface area contributed by atoms with Crippen molar-refractivity contribution in [3.8, 4) is 11.5 Å². The topological polar surface area (TPSA) is 77.1 Å². The van der Waals surface area contributed by atoms with Crippen LogP contribution in [0, 0.1) is 0 Å². The van der Waals surface area contributed by atoms with Gasteiger partial charge in [0.05, 0.1) is 13.2 Å². The summed E-state index contributed by atoms with van der Waals surface area (Å²) in [6.07, 6.45) is -0.382. The van der Waals surface area contributed by atoms with E-state index in [0.29, 0.717) is 36.9 Å². The fourth-order valence-corrected chi connectivity index (χ4v) is 2.52. The lowest BCUT2D eigenvalue weighted by Gasteiger charge is -2.14. The van der Waals surface area contributed by atoms with Crippen LogP contribution in [-0.2, 0) is 9.53 Å². The van der Waals surface area contributed by atoms with Gasteiger partial charge in [-0.1, -0.05) is 6.07 Å². The van der Waals surface area contributed by atoms with Gasteiger partial charge in [-0.3, -0.25) is 9.69 Å². The SMILES string of the molecule is CCOc1ccc(OCC(=O)Nc2cccc(N3CCOC3=O)c2)cc1. The molecule has 0 atom stereocenters. The molecule has 2 amide bonds. The first-order chi connectivity index (χ1) is 12.7. The lowest BCUT2D eigenvalue weighted by atomic mass is 10.2. The van der Waals surface area contributed by atoms with E-state index in [1.807, 2.05) is 6.92 Å². The predicted molar refractivity (Wildman–Crippen MR) is 96.9 cm³/mol. The van der Waals surface area contributed by atoms with E-state index in [0.717, 1.165) is 5.75 Å². The number of nitrogens with zero attached hydrogens (tertiary/aromatic N) is 1. The molecule has 0 saturated carbocycles. The molecule has 0 bridgehead atoms. The van der Waals surface area contributed by atoms with Crippen molar-refractivity contribution in [2.75, 3.05) is 36.6 Å². The molecular formula is C19H20N2O5. The Bertz CT molecular complexity index is 776. The Balaban J connectivity index is 1.54. The molecule has 1 heterocycles. The Labute approximate surface area is 151 Å². The molecule has 1 saturated heterocycles. The maximum absolute atomic E-state index is 12.1. The fourth-order valence-electron chi connectivity index (χ4n) is 2.52. The van der Waals surface area contributed by atoms with Gasteiger partial charge in [-0.15, -0.1) is 0 Å². The highest BCUT2D eigenvalue weighted by atomic mass is 16.6. The molecule has 0 unspecified atom stereocenters. The highest BCUT2D eigenvalue weighted by Crippen LogP contribution is 2.22. The van der Waals surface area contributed by atoms with E-state index in [4.69, 9.17) is 14.2 Å². The summed E-state index contributed by atoms with van der Waals surface area (Å²) in [4.78, 5) is 25.2. The number of benzene rings is 2. The van der Waals surface area contributed by atoms with Gasteiger partial charge in [0.2, 0.25) is 0 Å². The minimum absolute atomic E-state index is 0.121. The largest absolute Gasteiger partial charge is 0.494 e. The molecule has 26 heavy (non-hydrogen) atoms. The molecule has 1 aliphatic rings. The molecule has 7 heteroatoms. The van der Waals surface area contributed by atoms with Crippen molar-refractivity contribution in [1.82, 2.24) is 0 Å². The smallest absolute Gasteiger partial charge is 0.414 e. The number of hydrogen-bond donors (Lipinski definition) is 1. The van der Waals surface area contributed by atoms with Crippen molar-refractivity contribution in [1.29, 1.82) is 0 Å². The lowest BCUT2D eigenvalue weighted by Crippen LogP contribution is -2.24. The zero-order valence-electron chi connectivity index (χ0n) is 14.4. The number of carbonyl (C=O) groups excluding carboxylic acids is 2. The molecule has 0 radical (unpaired) electrons. The number of cyclic esters (lactones) is 1. The molecule has 0 spiro atoms. The summed E-state index contributed by atoms with van der Waals surface area (Å²) in [5.74, 6) is 1.04. The van der Waals surface area contributed by atoms with E-state index < -0.39 is 0 Å². The standard InChI is InChI=1S/C19H20N2O5/c1-2-24-16-6-8-17(9-7-16)26-13-18(22)20-14-4-3-5-15(12-14)21-10-11-25-19(21)23/h3-9,12H,2,10-11,13H2,1H3,(H,20,22). The van der Waals surface area contributed by atoms with Gasteiger partial charge in [-0.25, -0.2) is 4.79 Å². The highest BCUT2D eigenvalue weighted by Gasteiger charge is 2.23. The summed E-state index contributed by atoms with van der Waals surface area (Å²) in [7, 11) is 0. The van der Waals surface area contributed by atoms with E-state index in [2.05, 4.69) is 5.32 Å². The summed E-state index contributed by atoms with van der Waals surface area (Å²) >= 11 is 0. The minimum atomic E-state index is -0.382. The van der Waals surface area contributed by atoms with Crippen molar-refractivity contribution < 1.29 is 23.8 Å². The zero-order chi connectivity index (χ0) is 18.4. The van der Waals surface area contributed by atoms with Crippen molar-refractivity contribution in [2.45, 2.75) is 6.92 Å². The second-order valence-corrected chi connectivity index (χ2v) is 5.56. The summed E-state index contributed by atoms with van der Waals surface area (Å²) in [5, 5.41) is 2.76. The van der Waals surface area contributed by atoms with Crippen molar-refractivity contribution >= 4 is 23.4 Å². The van der Waals surface area contributed by atoms with Gasteiger partial charge in [-0.2, -0.15) is 0 Å².